The summed E-state index contributed by atoms with van der Waals surface area (Å²) in [4.78, 5) is 0. The third kappa shape index (κ3) is 10.2. The SMILES string of the molecule is OC(O)CCSCCC(O)O. The minimum atomic E-state index is -1.25. The number of aliphatic hydroxyl groups is 4. The Morgan fingerprint density at radius 3 is 1.45 bits per heavy atom. The van der Waals surface area contributed by atoms with Gasteiger partial charge >= 0.3 is 0 Å². The predicted molar refractivity (Wildman–Crippen MR) is 43.0 cm³/mol. The van der Waals surface area contributed by atoms with Crippen LogP contribution >= 0.6 is 11.8 Å². The molecule has 0 amide bonds. The van der Waals surface area contributed by atoms with Crippen molar-refractivity contribution >= 4 is 11.8 Å². The van der Waals surface area contributed by atoms with E-state index in [4.69, 9.17) is 20.4 Å². The Morgan fingerprint density at radius 1 is 0.818 bits per heavy atom. The van der Waals surface area contributed by atoms with Gasteiger partial charge in [-0.2, -0.15) is 11.8 Å². The van der Waals surface area contributed by atoms with Crippen LogP contribution in [0, 0.1) is 0 Å². The summed E-state index contributed by atoms with van der Waals surface area (Å²) in [6.45, 7) is 0. The molecule has 0 atom stereocenters. The molecule has 4 nitrogen and oxygen atoms in total. The second kappa shape index (κ2) is 6.87. The lowest BCUT2D eigenvalue weighted by atomic mass is 10.5. The standard InChI is InChI=1S/C6H14O4S/c7-5(8)1-3-11-4-2-6(9)10/h5-10H,1-4H2. The van der Waals surface area contributed by atoms with Crippen LogP contribution in [0.1, 0.15) is 12.8 Å². The van der Waals surface area contributed by atoms with Crippen LogP contribution < -0.4 is 0 Å². The second-order valence-electron chi connectivity index (χ2n) is 2.15. The molecule has 5 heteroatoms. The Morgan fingerprint density at radius 2 is 1.18 bits per heavy atom. The summed E-state index contributed by atoms with van der Waals surface area (Å²) in [7, 11) is 0. The van der Waals surface area contributed by atoms with E-state index in [1.54, 1.807) is 0 Å². The molecule has 0 aromatic rings. The maximum absolute atomic E-state index is 8.40. The molecule has 0 saturated carbocycles. The molecule has 0 aliphatic heterocycles. The maximum Gasteiger partial charge on any atom is 0.152 e. The summed E-state index contributed by atoms with van der Waals surface area (Å²) < 4.78 is 0. The highest BCUT2D eigenvalue weighted by Crippen LogP contribution is 2.06. The van der Waals surface area contributed by atoms with Crippen molar-refractivity contribution in [2.75, 3.05) is 11.5 Å². The molecule has 0 aromatic carbocycles. The molecule has 0 aromatic heterocycles. The molecule has 0 saturated heterocycles. The highest BCUT2D eigenvalue weighted by molar-refractivity contribution is 7.99. The largest absolute Gasteiger partial charge is 0.368 e. The first-order valence-corrected chi connectivity index (χ1v) is 4.58. The minimum absolute atomic E-state index is 0.326. The third-order valence-electron chi connectivity index (χ3n) is 1.04. The average molecular weight is 182 g/mol. The molecular weight excluding hydrogens is 168 g/mol. The van der Waals surface area contributed by atoms with Gasteiger partial charge in [0.2, 0.25) is 0 Å². The van der Waals surface area contributed by atoms with E-state index < -0.39 is 12.6 Å². The van der Waals surface area contributed by atoms with Gasteiger partial charge in [0.05, 0.1) is 0 Å². The van der Waals surface area contributed by atoms with Gasteiger partial charge in [0, 0.05) is 12.8 Å². The smallest absolute Gasteiger partial charge is 0.152 e. The topological polar surface area (TPSA) is 80.9 Å². The second-order valence-corrected chi connectivity index (χ2v) is 3.38. The van der Waals surface area contributed by atoms with Crippen molar-refractivity contribution in [1.29, 1.82) is 0 Å². The quantitative estimate of drug-likeness (QED) is 0.317. The number of hydrogen-bond donors (Lipinski definition) is 4. The lowest BCUT2D eigenvalue weighted by Gasteiger charge is -2.04. The van der Waals surface area contributed by atoms with Crippen molar-refractivity contribution in [3.05, 3.63) is 0 Å². The summed E-state index contributed by atoms with van der Waals surface area (Å²) in [5, 5.41) is 33.6. The van der Waals surface area contributed by atoms with Crippen molar-refractivity contribution in [3.63, 3.8) is 0 Å². The third-order valence-corrected chi connectivity index (χ3v) is 2.09. The van der Waals surface area contributed by atoms with Crippen LogP contribution in [0.4, 0.5) is 0 Å². The minimum Gasteiger partial charge on any atom is -0.368 e. The van der Waals surface area contributed by atoms with Crippen LogP contribution in [-0.2, 0) is 0 Å². The molecule has 0 aliphatic carbocycles. The lowest BCUT2D eigenvalue weighted by molar-refractivity contribution is -0.0407. The van der Waals surface area contributed by atoms with E-state index in [9.17, 15) is 0 Å². The Kier molecular flexibility index (Phi) is 6.99. The van der Waals surface area contributed by atoms with Crippen LogP contribution in [0.5, 0.6) is 0 Å². The van der Waals surface area contributed by atoms with Gasteiger partial charge in [-0.3, -0.25) is 0 Å². The zero-order valence-electron chi connectivity index (χ0n) is 6.18. The molecule has 0 aliphatic rings. The maximum atomic E-state index is 8.40. The molecule has 0 fully saturated rings. The van der Waals surface area contributed by atoms with Gasteiger partial charge in [-0.25, -0.2) is 0 Å². The van der Waals surface area contributed by atoms with Crippen LogP contribution in [0.15, 0.2) is 0 Å². The van der Waals surface area contributed by atoms with Gasteiger partial charge in [0.1, 0.15) is 0 Å². The van der Waals surface area contributed by atoms with E-state index in [-0.39, 0.29) is 0 Å². The van der Waals surface area contributed by atoms with Crippen LogP contribution in [0.3, 0.4) is 0 Å². The Bertz CT molecular complexity index is 76.7. The molecule has 11 heavy (non-hydrogen) atoms. The van der Waals surface area contributed by atoms with E-state index in [1.807, 2.05) is 0 Å². The first kappa shape index (κ1) is 11.2. The zero-order chi connectivity index (χ0) is 8.69. The summed E-state index contributed by atoms with van der Waals surface area (Å²) in [5.41, 5.74) is 0. The fraction of sp³-hybridized carbons (Fsp3) is 1.00. The normalized spacial score (nSPS) is 11.5. The highest BCUT2D eigenvalue weighted by Gasteiger charge is 1.99. The van der Waals surface area contributed by atoms with Crippen molar-refractivity contribution in [3.8, 4) is 0 Å². The van der Waals surface area contributed by atoms with Crippen LogP contribution in [-0.4, -0.2) is 44.5 Å². The van der Waals surface area contributed by atoms with Gasteiger partial charge < -0.3 is 20.4 Å². The van der Waals surface area contributed by atoms with Gasteiger partial charge in [-0.15, -0.1) is 0 Å². The van der Waals surface area contributed by atoms with Crippen molar-refractivity contribution in [1.82, 2.24) is 0 Å². The molecule has 68 valence electrons. The van der Waals surface area contributed by atoms with Crippen LogP contribution in [0.25, 0.3) is 0 Å². The number of thioether (sulfide) groups is 1. The van der Waals surface area contributed by atoms with Crippen LogP contribution in [0.2, 0.25) is 0 Å². The van der Waals surface area contributed by atoms with Gasteiger partial charge in [-0.1, -0.05) is 0 Å². The van der Waals surface area contributed by atoms with E-state index in [2.05, 4.69) is 0 Å². The van der Waals surface area contributed by atoms with Crippen molar-refractivity contribution in [2.45, 2.75) is 25.4 Å². The summed E-state index contributed by atoms with van der Waals surface area (Å²) >= 11 is 1.47. The summed E-state index contributed by atoms with van der Waals surface area (Å²) in [5.74, 6) is 1.26. The first-order valence-electron chi connectivity index (χ1n) is 3.43. The first-order chi connectivity index (χ1) is 5.13. The molecule has 0 unspecified atom stereocenters. The van der Waals surface area contributed by atoms with Gasteiger partial charge in [0.25, 0.3) is 0 Å². The fourth-order valence-electron chi connectivity index (χ4n) is 0.480. The van der Waals surface area contributed by atoms with E-state index in [0.29, 0.717) is 24.3 Å². The highest BCUT2D eigenvalue weighted by atomic mass is 32.2. The lowest BCUT2D eigenvalue weighted by Crippen LogP contribution is -2.07. The Hall–Kier alpha value is 0.190. The van der Waals surface area contributed by atoms with E-state index in [1.165, 1.54) is 11.8 Å². The Balaban J connectivity index is 2.91. The zero-order valence-corrected chi connectivity index (χ0v) is 7.00. The molecular formula is C6H14O4S. The number of aliphatic hydroxyl groups excluding tert-OH is 2. The molecule has 0 rings (SSSR count). The van der Waals surface area contributed by atoms with Gasteiger partial charge in [-0.05, 0) is 11.5 Å². The molecule has 0 radical (unpaired) electrons. The predicted octanol–water partition coefficient (Wildman–Crippen LogP) is -0.879. The number of hydrogen-bond acceptors (Lipinski definition) is 5. The van der Waals surface area contributed by atoms with Crippen molar-refractivity contribution < 1.29 is 20.4 Å². The number of rotatable bonds is 6. The molecule has 0 heterocycles. The molecule has 0 spiro atoms. The monoisotopic (exact) mass is 182 g/mol. The van der Waals surface area contributed by atoms with E-state index >= 15 is 0 Å². The van der Waals surface area contributed by atoms with Gasteiger partial charge in [0.15, 0.2) is 12.6 Å². The molecule has 4 N–H and O–H groups in total. The van der Waals surface area contributed by atoms with Crippen molar-refractivity contribution in [2.24, 2.45) is 0 Å². The average Bonchev–Trinajstić information content (AvgIpc) is 1.85. The van der Waals surface area contributed by atoms with E-state index in [0.717, 1.165) is 0 Å². The fourth-order valence-corrected chi connectivity index (χ4v) is 1.44. The summed E-state index contributed by atoms with van der Waals surface area (Å²) in [6, 6.07) is 0. The summed E-state index contributed by atoms with van der Waals surface area (Å²) in [6.07, 6.45) is -1.85. The molecule has 0 bridgehead atoms. The Labute approximate surface area is 69.9 Å².